The van der Waals surface area contributed by atoms with Crippen LogP contribution in [0.1, 0.15) is 30.3 Å². The summed E-state index contributed by atoms with van der Waals surface area (Å²) in [6.07, 6.45) is 2.36. The minimum absolute atomic E-state index is 0.230. The first-order valence-electron chi connectivity index (χ1n) is 9.28. The average molecular weight is 397 g/mol. The fourth-order valence-corrected chi connectivity index (χ4v) is 3.83. The lowest BCUT2D eigenvalue weighted by atomic mass is 10.1. The summed E-state index contributed by atoms with van der Waals surface area (Å²) >= 11 is 6.48. The molecule has 0 bridgehead atoms. The zero-order valence-electron chi connectivity index (χ0n) is 15.5. The number of carbonyl (C=O) groups excluding carboxylic acids is 1. The van der Waals surface area contributed by atoms with E-state index in [0.717, 1.165) is 24.3 Å². The Morgan fingerprint density at radius 3 is 2.54 bits per heavy atom. The Hall–Kier alpha value is -2.93. The maximum atomic E-state index is 13.1. The van der Waals surface area contributed by atoms with Crippen molar-refractivity contribution in [3.63, 3.8) is 0 Å². The number of rotatable bonds is 5. The highest BCUT2D eigenvalue weighted by Gasteiger charge is 2.26. The zero-order valence-corrected chi connectivity index (χ0v) is 16.3. The highest BCUT2D eigenvalue weighted by atomic mass is 35.5. The summed E-state index contributed by atoms with van der Waals surface area (Å²) in [6, 6.07) is 14.4. The van der Waals surface area contributed by atoms with Crippen LogP contribution in [0.2, 0.25) is 5.02 Å². The Kier molecular flexibility index (Phi) is 5.25. The average Bonchev–Trinajstić information content (AvgIpc) is 3.36. The van der Waals surface area contributed by atoms with E-state index in [0.29, 0.717) is 16.5 Å². The largest absolute Gasteiger partial charge is 0.370 e. The van der Waals surface area contributed by atoms with E-state index in [9.17, 15) is 4.79 Å². The van der Waals surface area contributed by atoms with Gasteiger partial charge in [-0.1, -0.05) is 41.9 Å². The number of anilines is 2. The van der Waals surface area contributed by atoms with Gasteiger partial charge in [-0.2, -0.15) is 0 Å². The first-order valence-corrected chi connectivity index (χ1v) is 9.66. The van der Waals surface area contributed by atoms with Crippen LogP contribution in [-0.2, 0) is 4.79 Å². The molecule has 3 aromatic rings. The van der Waals surface area contributed by atoms with Gasteiger partial charge in [-0.05, 0) is 54.0 Å². The molecule has 2 heterocycles. The van der Waals surface area contributed by atoms with Gasteiger partial charge in [0.25, 0.3) is 5.91 Å². The van der Waals surface area contributed by atoms with Crippen molar-refractivity contribution in [3.8, 4) is 0 Å². The molecule has 1 unspecified atom stereocenters. The SMILES string of the molecule is Cc1nnnn1C(C(=O)Nc1ccc(N2CCCC2)c(Cl)c1)c1ccccc1. The van der Waals surface area contributed by atoms with E-state index in [1.807, 2.05) is 42.5 Å². The van der Waals surface area contributed by atoms with Crippen LogP contribution < -0.4 is 10.2 Å². The molecule has 1 aliphatic rings. The third kappa shape index (κ3) is 3.71. The van der Waals surface area contributed by atoms with E-state index >= 15 is 0 Å². The van der Waals surface area contributed by atoms with Gasteiger partial charge in [-0.15, -0.1) is 5.10 Å². The first kappa shape index (κ1) is 18.4. The first-order chi connectivity index (χ1) is 13.6. The van der Waals surface area contributed by atoms with Gasteiger partial charge >= 0.3 is 0 Å². The van der Waals surface area contributed by atoms with Gasteiger partial charge in [0.15, 0.2) is 6.04 Å². The number of nitrogens with zero attached hydrogens (tertiary/aromatic N) is 5. The number of halogens is 1. The second-order valence-electron chi connectivity index (χ2n) is 6.83. The van der Waals surface area contributed by atoms with E-state index in [4.69, 9.17) is 11.6 Å². The topological polar surface area (TPSA) is 75.9 Å². The highest BCUT2D eigenvalue weighted by molar-refractivity contribution is 6.33. The molecule has 144 valence electrons. The Balaban J connectivity index is 1.60. The second kappa shape index (κ2) is 7.98. The Bertz CT molecular complexity index is 968. The molecule has 8 heteroatoms. The maximum Gasteiger partial charge on any atom is 0.253 e. The van der Waals surface area contributed by atoms with Crippen molar-refractivity contribution in [2.45, 2.75) is 25.8 Å². The minimum atomic E-state index is -0.673. The highest BCUT2D eigenvalue weighted by Crippen LogP contribution is 2.31. The molecule has 1 aromatic heterocycles. The van der Waals surface area contributed by atoms with Gasteiger partial charge < -0.3 is 10.2 Å². The monoisotopic (exact) mass is 396 g/mol. The molecule has 4 rings (SSSR count). The minimum Gasteiger partial charge on any atom is -0.370 e. The Morgan fingerprint density at radius 1 is 1.14 bits per heavy atom. The molecule has 1 N–H and O–H groups in total. The van der Waals surface area contributed by atoms with Crippen LogP contribution in [0.25, 0.3) is 0 Å². The number of aryl methyl sites for hydroxylation is 1. The number of benzene rings is 2. The maximum absolute atomic E-state index is 13.1. The number of amides is 1. The number of hydrogen-bond acceptors (Lipinski definition) is 5. The zero-order chi connectivity index (χ0) is 19.5. The second-order valence-corrected chi connectivity index (χ2v) is 7.24. The van der Waals surface area contributed by atoms with Crippen molar-refractivity contribution in [1.29, 1.82) is 0 Å². The van der Waals surface area contributed by atoms with Gasteiger partial charge in [0.2, 0.25) is 0 Å². The molecule has 1 saturated heterocycles. The van der Waals surface area contributed by atoms with Crippen molar-refractivity contribution < 1.29 is 4.79 Å². The summed E-state index contributed by atoms with van der Waals surface area (Å²) < 4.78 is 1.52. The summed E-state index contributed by atoms with van der Waals surface area (Å²) in [5.74, 6) is 0.331. The van der Waals surface area contributed by atoms with Gasteiger partial charge in [0.1, 0.15) is 5.82 Å². The lowest BCUT2D eigenvalue weighted by Crippen LogP contribution is -2.28. The van der Waals surface area contributed by atoms with E-state index in [-0.39, 0.29) is 5.91 Å². The van der Waals surface area contributed by atoms with E-state index in [2.05, 4.69) is 25.7 Å². The van der Waals surface area contributed by atoms with Crippen molar-refractivity contribution >= 4 is 28.9 Å². The lowest BCUT2D eigenvalue weighted by Gasteiger charge is -2.21. The fourth-order valence-electron chi connectivity index (χ4n) is 3.53. The predicted molar refractivity (Wildman–Crippen MR) is 109 cm³/mol. The molecule has 1 aliphatic heterocycles. The quantitative estimate of drug-likeness (QED) is 0.714. The number of tetrazole rings is 1. The molecule has 0 spiro atoms. The molecule has 28 heavy (non-hydrogen) atoms. The van der Waals surface area contributed by atoms with Crippen LogP contribution in [0.4, 0.5) is 11.4 Å². The van der Waals surface area contributed by atoms with Gasteiger partial charge in [-0.3, -0.25) is 4.79 Å². The predicted octanol–water partition coefficient (Wildman–Crippen LogP) is 3.46. The van der Waals surface area contributed by atoms with Crippen molar-refractivity contribution in [1.82, 2.24) is 20.2 Å². The van der Waals surface area contributed by atoms with E-state index in [1.54, 1.807) is 13.0 Å². The van der Waals surface area contributed by atoms with Crippen LogP contribution in [-0.4, -0.2) is 39.2 Å². The standard InChI is InChI=1S/C20H21ClN6O/c1-14-23-24-25-27(14)19(15-7-3-2-4-8-15)20(28)22-16-9-10-18(17(21)13-16)26-11-5-6-12-26/h2-4,7-10,13,19H,5-6,11-12H2,1H3,(H,22,28). The third-order valence-corrected chi connectivity index (χ3v) is 5.23. The number of hydrogen-bond donors (Lipinski definition) is 1. The summed E-state index contributed by atoms with van der Waals surface area (Å²) in [7, 11) is 0. The van der Waals surface area contributed by atoms with E-state index in [1.165, 1.54) is 17.5 Å². The molecule has 0 aliphatic carbocycles. The van der Waals surface area contributed by atoms with Crippen LogP contribution >= 0.6 is 11.6 Å². The molecule has 2 aromatic carbocycles. The fraction of sp³-hybridized carbons (Fsp3) is 0.300. The summed E-state index contributed by atoms with van der Waals surface area (Å²) in [6.45, 7) is 3.80. The molecule has 1 atom stereocenters. The number of nitrogens with one attached hydrogen (secondary N) is 1. The van der Waals surface area contributed by atoms with Gasteiger partial charge in [-0.25, -0.2) is 4.68 Å². The van der Waals surface area contributed by atoms with E-state index < -0.39 is 6.04 Å². The summed E-state index contributed by atoms with van der Waals surface area (Å²) in [4.78, 5) is 15.4. The van der Waals surface area contributed by atoms with Crippen molar-refractivity contribution in [2.24, 2.45) is 0 Å². The lowest BCUT2D eigenvalue weighted by molar-refractivity contribution is -0.118. The molecular weight excluding hydrogens is 376 g/mol. The molecule has 1 amide bonds. The van der Waals surface area contributed by atoms with Crippen molar-refractivity contribution in [2.75, 3.05) is 23.3 Å². The Morgan fingerprint density at radius 2 is 1.89 bits per heavy atom. The molecule has 0 radical (unpaired) electrons. The third-order valence-electron chi connectivity index (χ3n) is 4.93. The van der Waals surface area contributed by atoms with Crippen molar-refractivity contribution in [3.05, 3.63) is 64.9 Å². The van der Waals surface area contributed by atoms with Gasteiger partial charge in [0.05, 0.1) is 10.7 Å². The number of aromatic nitrogens is 4. The van der Waals surface area contributed by atoms with Crippen LogP contribution in [0.5, 0.6) is 0 Å². The molecule has 0 saturated carbocycles. The number of carbonyl (C=O) groups is 1. The summed E-state index contributed by atoms with van der Waals surface area (Å²) in [5.41, 5.74) is 2.45. The van der Waals surface area contributed by atoms with Gasteiger partial charge in [0, 0.05) is 18.8 Å². The molecule has 1 fully saturated rings. The molecular formula is C20H21ClN6O. The van der Waals surface area contributed by atoms with Crippen LogP contribution in [0.15, 0.2) is 48.5 Å². The van der Waals surface area contributed by atoms with Crippen LogP contribution in [0.3, 0.4) is 0 Å². The summed E-state index contributed by atoms with van der Waals surface area (Å²) in [5, 5.41) is 15.2. The Labute approximate surface area is 168 Å². The smallest absolute Gasteiger partial charge is 0.253 e. The van der Waals surface area contributed by atoms with Crippen LogP contribution in [0, 0.1) is 6.92 Å². The normalized spacial score (nSPS) is 14.9. The molecule has 7 nitrogen and oxygen atoms in total.